The first kappa shape index (κ1) is 27.9. The van der Waals surface area contributed by atoms with Gasteiger partial charge in [-0.3, -0.25) is 14.9 Å². The van der Waals surface area contributed by atoms with Crippen molar-refractivity contribution in [2.24, 2.45) is 0 Å². The van der Waals surface area contributed by atoms with Crippen LogP contribution in [0.2, 0.25) is 0 Å². The molecule has 5 aromatic heterocycles. The van der Waals surface area contributed by atoms with Crippen molar-refractivity contribution >= 4 is 33.8 Å². The van der Waals surface area contributed by atoms with Crippen LogP contribution >= 0.6 is 0 Å². The number of carbonyl (C=O) groups is 1. The normalized spacial score (nSPS) is 11.5. The Morgan fingerprint density at radius 2 is 1.88 bits per heavy atom. The Balaban J connectivity index is 1.35. The van der Waals surface area contributed by atoms with Gasteiger partial charge in [0.1, 0.15) is 23.9 Å². The van der Waals surface area contributed by atoms with Crippen molar-refractivity contribution < 1.29 is 13.9 Å². The number of H-pyrrole nitrogens is 2. The Morgan fingerprint density at radius 1 is 1.02 bits per heavy atom. The molecule has 1 aromatic carbocycles. The number of hydrogen-bond acceptors (Lipinski definition) is 8. The number of halogens is 1. The predicted octanol–water partition coefficient (Wildman–Crippen LogP) is 5.44. The van der Waals surface area contributed by atoms with Gasteiger partial charge in [0.05, 0.1) is 22.8 Å². The summed E-state index contributed by atoms with van der Waals surface area (Å²) in [6.07, 6.45) is 7.88. The van der Waals surface area contributed by atoms with E-state index in [1.807, 2.05) is 50.2 Å². The molecular weight excluding hydrogens is 549 g/mol. The molecule has 5 heterocycles. The summed E-state index contributed by atoms with van der Waals surface area (Å²) in [5.41, 5.74) is 5.83. The topological polar surface area (TPSA) is 138 Å². The van der Waals surface area contributed by atoms with E-state index in [1.165, 1.54) is 12.1 Å². The summed E-state index contributed by atoms with van der Waals surface area (Å²) in [5.74, 6) is 0.497. The smallest absolute Gasteiger partial charge is 0.224 e. The summed E-state index contributed by atoms with van der Waals surface area (Å²) in [4.78, 5) is 35.4. The molecule has 218 valence electrons. The fraction of sp³-hybridized carbons (Fsp3) is 0.226. The molecule has 0 saturated heterocycles. The van der Waals surface area contributed by atoms with Crippen LogP contribution in [0.3, 0.4) is 0 Å². The van der Waals surface area contributed by atoms with Gasteiger partial charge >= 0.3 is 0 Å². The van der Waals surface area contributed by atoms with E-state index >= 15 is 0 Å². The van der Waals surface area contributed by atoms with Crippen LogP contribution in [0.15, 0.2) is 61.2 Å². The molecule has 0 unspecified atom stereocenters. The highest BCUT2D eigenvalue weighted by Gasteiger charge is 2.17. The van der Waals surface area contributed by atoms with Gasteiger partial charge in [0.15, 0.2) is 17.1 Å². The second-order valence-electron chi connectivity index (χ2n) is 10.4. The third-order valence-electron chi connectivity index (χ3n) is 6.86. The van der Waals surface area contributed by atoms with Gasteiger partial charge in [-0.25, -0.2) is 19.3 Å². The lowest BCUT2D eigenvalue weighted by Crippen LogP contribution is -2.19. The van der Waals surface area contributed by atoms with Gasteiger partial charge in [-0.1, -0.05) is 6.92 Å². The van der Waals surface area contributed by atoms with Crippen LogP contribution in [-0.4, -0.2) is 73.2 Å². The average molecular weight is 580 g/mol. The summed E-state index contributed by atoms with van der Waals surface area (Å²) in [7, 11) is 3.91. The average Bonchev–Trinajstić information content (AvgIpc) is 3.60. The number of hydrogen-bond donors (Lipinski definition) is 3. The lowest BCUT2D eigenvalue weighted by atomic mass is 10.1. The summed E-state index contributed by atoms with van der Waals surface area (Å²) in [5, 5.41) is 11.0. The molecule has 6 rings (SSSR count). The molecule has 0 spiro atoms. The Bertz CT molecular complexity index is 1930. The first-order chi connectivity index (χ1) is 20.9. The fourth-order valence-electron chi connectivity index (χ4n) is 4.77. The van der Waals surface area contributed by atoms with Crippen LogP contribution in [0.5, 0.6) is 5.75 Å². The molecule has 0 aliphatic carbocycles. The van der Waals surface area contributed by atoms with Gasteiger partial charge < -0.3 is 19.9 Å². The lowest BCUT2D eigenvalue weighted by molar-refractivity contribution is -0.116. The van der Waals surface area contributed by atoms with Crippen molar-refractivity contribution in [2.75, 3.05) is 32.6 Å². The number of rotatable bonds is 10. The van der Waals surface area contributed by atoms with E-state index in [9.17, 15) is 9.18 Å². The summed E-state index contributed by atoms with van der Waals surface area (Å²) < 4.78 is 20.4. The number of carbonyl (C=O) groups excluding carboxylic acids is 1. The SMILES string of the molecule is CCCC(=O)Nc1cncc(-c2cnc3n[nH]c(-c4nc5nccc(-c6cc(F)cc(OCCN(C)C)c6)c5[nH]4)c3c2)c1. The van der Waals surface area contributed by atoms with Crippen molar-refractivity contribution in [3.63, 3.8) is 0 Å². The van der Waals surface area contributed by atoms with Crippen molar-refractivity contribution in [3.05, 3.63) is 67.0 Å². The number of aromatic amines is 2. The minimum Gasteiger partial charge on any atom is -0.492 e. The molecule has 1 amide bonds. The largest absolute Gasteiger partial charge is 0.492 e. The Morgan fingerprint density at radius 3 is 2.72 bits per heavy atom. The van der Waals surface area contributed by atoms with Crippen LogP contribution in [-0.2, 0) is 4.79 Å². The molecule has 12 heteroatoms. The number of nitrogens with zero attached hydrogens (tertiary/aromatic N) is 6. The standard InChI is InChI=1S/C31H30FN9O2/c1-4-5-26(42)36-22-11-19(15-33-17-22)20-13-25-28(39-40-29(25)35-16-20)31-37-27-24(6-7-34-30(27)38-31)18-10-21(32)14-23(12-18)43-9-8-41(2)3/h6-7,10-17H,4-5,8-9H2,1-3H3,(H,36,42)(H,34,37,38)(H,35,39,40). The van der Waals surface area contributed by atoms with Crippen LogP contribution in [0.4, 0.5) is 10.1 Å². The number of nitrogens with one attached hydrogen (secondary N) is 3. The monoisotopic (exact) mass is 579 g/mol. The van der Waals surface area contributed by atoms with Gasteiger partial charge in [-0.2, -0.15) is 5.10 Å². The number of fused-ring (bicyclic) bond motifs is 2. The maximum Gasteiger partial charge on any atom is 0.224 e. The Labute approximate surface area is 246 Å². The molecule has 0 aliphatic rings. The van der Waals surface area contributed by atoms with Crippen molar-refractivity contribution in [3.8, 4) is 39.5 Å². The third-order valence-corrected chi connectivity index (χ3v) is 6.86. The number of likely N-dealkylation sites (N-methyl/N-ethyl adjacent to an activating group) is 1. The second kappa shape index (κ2) is 11.9. The van der Waals surface area contributed by atoms with Crippen LogP contribution in [0.1, 0.15) is 19.8 Å². The molecule has 0 saturated carbocycles. The number of pyridine rings is 3. The number of ether oxygens (including phenoxy) is 1. The molecule has 11 nitrogen and oxygen atoms in total. The van der Waals surface area contributed by atoms with Crippen molar-refractivity contribution in [2.45, 2.75) is 19.8 Å². The van der Waals surface area contributed by atoms with E-state index in [-0.39, 0.29) is 5.91 Å². The van der Waals surface area contributed by atoms with Gasteiger partial charge in [-0.15, -0.1) is 0 Å². The number of amides is 1. The van der Waals surface area contributed by atoms with E-state index in [2.05, 4.69) is 35.5 Å². The zero-order valence-electron chi connectivity index (χ0n) is 24.0. The molecule has 0 fully saturated rings. The van der Waals surface area contributed by atoms with Crippen molar-refractivity contribution in [1.82, 2.24) is 40.0 Å². The maximum absolute atomic E-state index is 14.6. The highest BCUT2D eigenvalue weighted by atomic mass is 19.1. The summed E-state index contributed by atoms with van der Waals surface area (Å²) in [6.45, 7) is 3.10. The molecule has 6 aromatic rings. The first-order valence-electron chi connectivity index (χ1n) is 13.9. The first-order valence-corrected chi connectivity index (χ1v) is 13.9. The third kappa shape index (κ3) is 6.04. The van der Waals surface area contributed by atoms with E-state index in [0.29, 0.717) is 64.9 Å². The highest BCUT2D eigenvalue weighted by molar-refractivity contribution is 5.96. The Hall–Kier alpha value is -5.23. The van der Waals surface area contributed by atoms with E-state index in [0.717, 1.165) is 28.5 Å². The molecule has 0 atom stereocenters. The molecule has 43 heavy (non-hydrogen) atoms. The van der Waals surface area contributed by atoms with Crippen LogP contribution in [0.25, 0.3) is 56.0 Å². The van der Waals surface area contributed by atoms with E-state index in [1.54, 1.807) is 24.8 Å². The molecular formula is C31H30FN9O2. The van der Waals surface area contributed by atoms with Gasteiger partial charge in [0.25, 0.3) is 0 Å². The van der Waals surface area contributed by atoms with E-state index in [4.69, 9.17) is 9.72 Å². The summed E-state index contributed by atoms with van der Waals surface area (Å²) >= 11 is 0. The van der Waals surface area contributed by atoms with E-state index < -0.39 is 5.82 Å². The molecule has 0 aliphatic heterocycles. The van der Waals surface area contributed by atoms with Gasteiger partial charge in [-0.05, 0) is 56.4 Å². The number of imidazole rings is 1. The maximum atomic E-state index is 14.6. The predicted molar refractivity (Wildman–Crippen MR) is 163 cm³/mol. The molecule has 0 radical (unpaired) electrons. The quantitative estimate of drug-likeness (QED) is 0.195. The second-order valence-corrected chi connectivity index (χ2v) is 10.4. The number of benzene rings is 1. The van der Waals surface area contributed by atoms with Crippen LogP contribution in [0, 0.1) is 5.82 Å². The molecule has 3 N–H and O–H groups in total. The highest BCUT2D eigenvalue weighted by Crippen LogP contribution is 2.33. The number of aromatic nitrogens is 7. The Kier molecular flexibility index (Phi) is 7.75. The molecule has 0 bridgehead atoms. The van der Waals surface area contributed by atoms with Crippen molar-refractivity contribution in [1.29, 1.82) is 0 Å². The zero-order valence-corrected chi connectivity index (χ0v) is 24.0. The minimum atomic E-state index is -0.399. The fourth-order valence-corrected chi connectivity index (χ4v) is 4.77. The summed E-state index contributed by atoms with van der Waals surface area (Å²) in [6, 6.07) is 10.3. The van der Waals surface area contributed by atoms with Gasteiger partial charge in [0, 0.05) is 54.3 Å². The van der Waals surface area contributed by atoms with Crippen LogP contribution < -0.4 is 10.1 Å². The zero-order chi connectivity index (χ0) is 29.9. The minimum absolute atomic E-state index is 0.0590. The lowest BCUT2D eigenvalue weighted by Gasteiger charge is -2.12. The number of anilines is 1. The van der Waals surface area contributed by atoms with Gasteiger partial charge in [0.2, 0.25) is 5.91 Å².